The third-order valence-corrected chi connectivity index (χ3v) is 8.18. The van der Waals surface area contributed by atoms with Gasteiger partial charge in [0.05, 0.1) is 16.8 Å². The van der Waals surface area contributed by atoms with Crippen molar-refractivity contribution in [2.75, 3.05) is 10.8 Å². The number of aryl methyl sites for hydroxylation is 3. The fraction of sp³-hybridized carbons (Fsp3) is 0.172. The highest BCUT2D eigenvalue weighted by atomic mass is 35.5. The molecule has 196 valence electrons. The Labute approximate surface area is 228 Å². The van der Waals surface area contributed by atoms with Crippen LogP contribution in [-0.4, -0.2) is 31.7 Å². The number of hydrogen-bond acceptors (Lipinski definition) is 4. The van der Waals surface area contributed by atoms with E-state index in [9.17, 15) is 13.2 Å². The van der Waals surface area contributed by atoms with Crippen LogP contribution in [0.4, 0.5) is 5.69 Å². The molecular formula is C29H29ClN4O3S. The summed E-state index contributed by atoms with van der Waals surface area (Å²) in [6.07, 6.45) is 1.55. The zero-order valence-electron chi connectivity index (χ0n) is 21.6. The quantitative estimate of drug-likeness (QED) is 0.226. The number of anilines is 1. The van der Waals surface area contributed by atoms with Crippen LogP contribution in [0, 0.1) is 27.7 Å². The molecular weight excluding hydrogens is 520 g/mol. The lowest BCUT2D eigenvalue weighted by Gasteiger charge is -2.25. The van der Waals surface area contributed by atoms with Crippen LogP contribution in [0.5, 0.6) is 0 Å². The second kappa shape index (κ2) is 11.2. The molecule has 1 N–H and O–H groups in total. The van der Waals surface area contributed by atoms with E-state index in [1.54, 1.807) is 30.5 Å². The number of carbonyl (C=O) groups excluding carboxylic acids is 1. The number of nitrogens with one attached hydrogen (secondary N) is 1. The van der Waals surface area contributed by atoms with Gasteiger partial charge in [0.2, 0.25) is 0 Å². The summed E-state index contributed by atoms with van der Waals surface area (Å²) in [6.45, 7) is 7.24. The first-order valence-electron chi connectivity index (χ1n) is 12.0. The van der Waals surface area contributed by atoms with E-state index >= 15 is 0 Å². The summed E-state index contributed by atoms with van der Waals surface area (Å²) >= 11 is 6.17. The van der Waals surface area contributed by atoms with Gasteiger partial charge in [0, 0.05) is 27.7 Å². The number of sulfonamides is 1. The Morgan fingerprint density at radius 1 is 0.974 bits per heavy atom. The number of hydrogen-bond donors (Lipinski definition) is 1. The van der Waals surface area contributed by atoms with E-state index in [1.165, 1.54) is 12.1 Å². The topological polar surface area (TPSA) is 83.8 Å². The molecule has 0 aliphatic rings. The predicted molar refractivity (Wildman–Crippen MR) is 153 cm³/mol. The van der Waals surface area contributed by atoms with Crippen molar-refractivity contribution in [1.82, 2.24) is 9.99 Å². The highest BCUT2D eigenvalue weighted by molar-refractivity contribution is 7.92. The Kier molecular flexibility index (Phi) is 8.04. The van der Waals surface area contributed by atoms with Crippen molar-refractivity contribution < 1.29 is 13.2 Å². The number of nitrogens with zero attached hydrogens (tertiary/aromatic N) is 3. The molecule has 0 saturated carbocycles. The molecule has 0 spiro atoms. The second-order valence-corrected chi connectivity index (χ2v) is 11.3. The number of benzene rings is 3. The van der Waals surface area contributed by atoms with Crippen molar-refractivity contribution in [2.45, 2.75) is 32.6 Å². The average molecular weight is 549 g/mol. The van der Waals surface area contributed by atoms with Crippen LogP contribution in [0.1, 0.15) is 28.1 Å². The fourth-order valence-electron chi connectivity index (χ4n) is 4.37. The summed E-state index contributed by atoms with van der Waals surface area (Å²) in [5.74, 6) is -0.565. The van der Waals surface area contributed by atoms with Crippen LogP contribution >= 0.6 is 11.6 Å². The second-order valence-electron chi connectivity index (χ2n) is 9.05. The van der Waals surface area contributed by atoms with Crippen molar-refractivity contribution >= 4 is 39.4 Å². The molecule has 38 heavy (non-hydrogen) atoms. The summed E-state index contributed by atoms with van der Waals surface area (Å²) in [5, 5.41) is 4.76. The smallest absolute Gasteiger partial charge is 0.264 e. The first-order valence-corrected chi connectivity index (χ1v) is 13.8. The molecule has 0 radical (unpaired) electrons. The van der Waals surface area contributed by atoms with E-state index in [1.807, 2.05) is 74.7 Å². The molecule has 0 aliphatic heterocycles. The molecule has 4 aromatic rings. The van der Waals surface area contributed by atoms with Gasteiger partial charge < -0.3 is 4.57 Å². The van der Waals surface area contributed by atoms with Gasteiger partial charge in [-0.25, -0.2) is 13.8 Å². The zero-order chi connectivity index (χ0) is 27.4. The summed E-state index contributed by atoms with van der Waals surface area (Å²) < 4.78 is 30.2. The molecule has 0 atom stereocenters. The number of hydrazone groups is 1. The fourth-order valence-corrected chi connectivity index (χ4v) is 6.07. The zero-order valence-corrected chi connectivity index (χ0v) is 23.2. The van der Waals surface area contributed by atoms with Crippen LogP contribution in [0.2, 0.25) is 5.02 Å². The third kappa shape index (κ3) is 5.82. The van der Waals surface area contributed by atoms with Crippen molar-refractivity contribution in [3.8, 4) is 5.69 Å². The monoisotopic (exact) mass is 548 g/mol. The summed E-state index contributed by atoms with van der Waals surface area (Å²) in [4.78, 5) is 13.0. The van der Waals surface area contributed by atoms with Gasteiger partial charge in [-0.1, -0.05) is 53.6 Å². The highest BCUT2D eigenvalue weighted by Gasteiger charge is 2.28. The minimum absolute atomic E-state index is 0.102. The minimum Gasteiger partial charge on any atom is -0.318 e. The molecule has 1 aromatic heterocycles. The van der Waals surface area contributed by atoms with Gasteiger partial charge in [-0.15, -0.1) is 0 Å². The Morgan fingerprint density at radius 3 is 2.39 bits per heavy atom. The Bertz CT molecular complexity index is 1610. The third-order valence-electron chi connectivity index (χ3n) is 6.17. The Morgan fingerprint density at radius 2 is 1.71 bits per heavy atom. The molecule has 0 saturated heterocycles. The maximum absolute atomic E-state index is 13.5. The maximum atomic E-state index is 13.5. The normalized spacial score (nSPS) is 11.6. The molecule has 3 aromatic carbocycles. The summed E-state index contributed by atoms with van der Waals surface area (Å²) in [5.41, 5.74) is 8.29. The molecule has 0 bridgehead atoms. The van der Waals surface area contributed by atoms with Gasteiger partial charge >= 0.3 is 0 Å². The molecule has 0 unspecified atom stereocenters. The molecule has 1 heterocycles. The molecule has 1 amide bonds. The van der Waals surface area contributed by atoms with Crippen molar-refractivity contribution in [3.05, 3.63) is 112 Å². The van der Waals surface area contributed by atoms with Crippen LogP contribution in [0.25, 0.3) is 5.69 Å². The summed E-state index contributed by atoms with van der Waals surface area (Å²) in [7, 11) is -4.00. The SMILES string of the molecule is Cc1ccc(N(CC(=O)N/N=C\c2cc(C)n(-c3cccc(Cl)c3)c2C)S(=O)(=O)c2ccccc2)c(C)c1. The van der Waals surface area contributed by atoms with E-state index < -0.39 is 22.5 Å². The first-order chi connectivity index (χ1) is 18.1. The molecule has 0 fully saturated rings. The predicted octanol–water partition coefficient (Wildman–Crippen LogP) is 5.71. The van der Waals surface area contributed by atoms with Crippen LogP contribution in [-0.2, 0) is 14.8 Å². The van der Waals surface area contributed by atoms with Gasteiger partial charge in [-0.3, -0.25) is 9.10 Å². The number of aromatic nitrogens is 1. The molecule has 4 rings (SSSR count). The number of amides is 1. The van der Waals surface area contributed by atoms with E-state index in [-0.39, 0.29) is 4.90 Å². The average Bonchev–Trinajstić information content (AvgIpc) is 3.16. The number of carbonyl (C=O) groups is 1. The first kappa shape index (κ1) is 27.2. The van der Waals surface area contributed by atoms with Gasteiger partial charge in [-0.2, -0.15) is 5.10 Å². The minimum atomic E-state index is -4.00. The lowest BCUT2D eigenvalue weighted by Crippen LogP contribution is -2.40. The maximum Gasteiger partial charge on any atom is 0.264 e. The molecule has 0 aliphatic carbocycles. The lowest BCUT2D eigenvalue weighted by molar-refractivity contribution is -0.119. The van der Waals surface area contributed by atoms with Crippen LogP contribution in [0.15, 0.2) is 88.9 Å². The van der Waals surface area contributed by atoms with E-state index in [4.69, 9.17) is 11.6 Å². The van der Waals surface area contributed by atoms with Gasteiger partial charge in [0.25, 0.3) is 15.9 Å². The Hall–Kier alpha value is -3.88. The molecule has 9 heteroatoms. The van der Waals surface area contributed by atoms with Crippen molar-refractivity contribution in [3.63, 3.8) is 0 Å². The number of halogens is 1. The van der Waals surface area contributed by atoms with Gasteiger partial charge in [0.15, 0.2) is 0 Å². The Balaban J connectivity index is 1.57. The van der Waals surface area contributed by atoms with Crippen molar-refractivity contribution in [1.29, 1.82) is 0 Å². The van der Waals surface area contributed by atoms with E-state index in [2.05, 4.69) is 10.5 Å². The summed E-state index contributed by atoms with van der Waals surface area (Å²) in [6, 6.07) is 23.0. The van der Waals surface area contributed by atoms with Crippen molar-refractivity contribution in [2.24, 2.45) is 5.10 Å². The van der Waals surface area contributed by atoms with Crippen LogP contribution < -0.4 is 9.73 Å². The van der Waals surface area contributed by atoms with Gasteiger partial charge in [-0.05, 0) is 75.7 Å². The lowest BCUT2D eigenvalue weighted by atomic mass is 10.1. The molecule has 7 nitrogen and oxygen atoms in total. The van der Waals surface area contributed by atoms with Crippen LogP contribution in [0.3, 0.4) is 0 Å². The van der Waals surface area contributed by atoms with Gasteiger partial charge in [0.1, 0.15) is 6.54 Å². The van der Waals surface area contributed by atoms with E-state index in [0.717, 1.165) is 38.1 Å². The highest BCUT2D eigenvalue weighted by Crippen LogP contribution is 2.27. The standard InChI is InChI=1S/C29H29ClN4O3S/c1-20-13-14-28(21(2)15-20)33(38(36,37)27-11-6-5-7-12-27)19-29(35)32-31-18-24-16-22(3)34(23(24)4)26-10-8-9-25(30)17-26/h5-18H,19H2,1-4H3,(H,32,35)/b31-18-. The number of rotatable bonds is 8. The largest absolute Gasteiger partial charge is 0.318 e. The van der Waals surface area contributed by atoms with E-state index in [0.29, 0.717) is 10.7 Å².